The molecule has 2 N–H and O–H groups in total. The number of aliphatic hydroxyl groups is 1. The molecule has 0 fully saturated rings. The first-order valence-corrected chi connectivity index (χ1v) is 7.26. The molecule has 7 heteroatoms. The maximum atomic E-state index is 12.1. The van der Waals surface area contributed by atoms with Crippen molar-refractivity contribution in [2.75, 3.05) is 6.54 Å². The number of rotatable bonds is 6. The van der Waals surface area contributed by atoms with Crippen LogP contribution >= 0.6 is 0 Å². The molecule has 0 spiro atoms. The number of aromatic nitrogens is 2. The number of imidazole rings is 1. The van der Waals surface area contributed by atoms with Crippen LogP contribution in [0.2, 0.25) is 0 Å². The highest BCUT2D eigenvalue weighted by molar-refractivity contribution is 7.89. The second kappa shape index (κ2) is 5.96. The van der Waals surface area contributed by atoms with Gasteiger partial charge in [0.15, 0.2) is 0 Å². The first kappa shape index (κ1) is 13.7. The van der Waals surface area contributed by atoms with Gasteiger partial charge in [0, 0.05) is 25.5 Å². The Hall–Kier alpha value is -1.70. The number of hydrogen-bond acceptors (Lipinski definition) is 4. The van der Waals surface area contributed by atoms with Gasteiger partial charge in [-0.2, -0.15) is 0 Å². The second-order valence-electron chi connectivity index (χ2n) is 3.96. The van der Waals surface area contributed by atoms with Crippen LogP contribution < -0.4 is 4.72 Å². The lowest BCUT2D eigenvalue weighted by molar-refractivity contribution is 0.278. The van der Waals surface area contributed by atoms with Crippen LogP contribution in [0.4, 0.5) is 0 Å². The first-order chi connectivity index (χ1) is 9.13. The van der Waals surface area contributed by atoms with Crippen molar-refractivity contribution in [1.82, 2.24) is 14.3 Å². The Morgan fingerprint density at radius 2 is 2.11 bits per heavy atom. The molecule has 0 radical (unpaired) electrons. The van der Waals surface area contributed by atoms with Gasteiger partial charge < -0.3 is 9.67 Å². The maximum Gasteiger partial charge on any atom is 0.240 e. The fraction of sp³-hybridized carbons (Fsp3) is 0.250. The van der Waals surface area contributed by atoms with Crippen LogP contribution in [-0.4, -0.2) is 29.6 Å². The molecule has 0 saturated carbocycles. The van der Waals surface area contributed by atoms with Crippen molar-refractivity contribution in [3.63, 3.8) is 0 Å². The molecule has 0 aliphatic carbocycles. The highest BCUT2D eigenvalue weighted by Crippen LogP contribution is 2.14. The molecule has 2 aromatic rings. The minimum Gasteiger partial charge on any atom is -0.392 e. The molecule has 0 bridgehead atoms. The van der Waals surface area contributed by atoms with Crippen LogP contribution in [0.5, 0.6) is 0 Å². The van der Waals surface area contributed by atoms with Crippen molar-refractivity contribution < 1.29 is 13.5 Å². The van der Waals surface area contributed by atoms with Crippen molar-refractivity contribution in [1.29, 1.82) is 0 Å². The molecule has 1 aromatic carbocycles. The summed E-state index contributed by atoms with van der Waals surface area (Å²) < 4.78 is 28.5. The van der Waals surface area contributed by atoms with Crippen LogP contribution in [0.15, 0.2) is 47.9 Å². The van der Waals surface area contributed by atoms with E-state index in [1.54, 1.807) is 41.5 Å². The van der Waals surface area contributed by atoms with Crippen LogP contribution in [0.1, 0.15) is 5.56 Å². The summed E-state index contributed by atoms with van der Waals surface area (Å²) in [4.78, 5) is 3.99. The van der Waals surface area contributed by atoms with Crippen LogP contribution in [-0.2, 0) is 23.2 Å². The van der Waals surface area contributed by atoms with E-state index in [1.807, 2.05) is 0 Å². The third-order valence-electron chi connectivity index (χ3n) is 2.65. The standard InChI is InChI=1S/C12H15N3O3S/c16-9-11-3-1-2-4-12(11)19(17,18)14-6-8-15-7-5-13-10-15/h1-5,7,10,14,16H,6,8-9H2. The number of nitrogens with zero attached hydrogens (tertiary/aromatic N) is 2. The monoisotopic (exact) mass is 281 g/mol. The Balaban J connectivity index is 2.05. The molecule has 0 aliphatic rings. The predicted molar refractivity (Wildman–Crippen MR) is 69.8 cm³/mol. The van der Waals surface area contributed by atoms with E-state index in [0.29, 0.717) is 12.1 Å². The molecule has 102 valence electrons. The van der Waals surface area contributed by atoms with Gasteiger partial charge in [0.25, 0.3) is 0 Å². The zero-order valence-electron chi connectivity index (χ0n) is 10.2. The molecule has 19 heavy (non-hydrogen) atoms. The van der Waals surface area contributed by atoms with Gasteiger partial charge in [-0.3, -0.25) is 0 Å². The van der Waals surface area contributed by atoms with Crippen molar-refractivity contribution in [3.8, 4) is 0 Å². The molecule has 2 rings (SSSR count). The average molecular weight is 281 g/mol. The van der Waals surface area contributed by atoms with Gasteiger partial charge >= 0.3 is 0 Å². The van der Waals surface area contributed by atoms with Gasteiger partial charge in [0.05, 0.1) is 17.8 Å². The van der Waals surface area contributed by atoms with Gasteiger partial charge in [-0.05, 0) is 11.6 Å². The van der Waals surface area contributed by atoms with Crippen LogP contribution in [0.3, 0.4) is 0 Å². The van der Waals surface area contributed by atoms with E-state index in [4.69, 9.17) is 5.11 Å². The van der Waals surface area contributed by atoms with Crippen molar-refractivity contribution >= 4 is 10.0 Å². The molecule has 0 unspecified atom stereocenters. The number of nitrogens with one attached hydrogen (secondary N) is 1. The fourth-order valence-electron chi connectivity index (χ4n) is 1.70. The highest BCUT2D eigenvalue weighted by Gasteiger charge is 2.16. The van der Waals surface area contributed by atoms with E-state index >= 15 is 0 Å². The quantitative estimate of drug-likeness (QED) is 0.800. The van der Waals surface area contributed by atoms with Crippen molar-refractivity contribution in [2.45, 2.75) is 18.0 Å². The number of hydrogen-bond donors (Lipinski definition) is 2. The van der Waals surface area contributed by atoms with E-state index in [0.717, 1.165) is 0 Å². The zero-order valence-corrected chi connectivity index (χ0v) is 11.0. The molecule has 6 nitrogen and oxygen atoms in total. The smallest absolute Gasteiger partial charge is 0.240 e. The lowest BCUT2D eigenvalue weighted by Crippen LogP contribution is -2.28. The summed E-state index contributed by atoms with van der Waals surface area (Å²) in [6.07, 6.45) is 5.02. The fourth-order valence-corrected chi connectivity index (χ4v) is 2.95. The minimum atomic E-state index is -3.60. The van der Waals surface area contributed by atoms with Crippen molar-refractivity contribution in [2.24, 2.45) is 0 Å². The summed E-state index contributed by atoms with van der Waals surface area (Å²) in [7, 11) is -3.60. The van der Waals surface area contributed by atoms with E-state index < -0.39 is 10.0 Å². The summed E-state index contributed by atoms with van der Waals surface area (Å²) in [5.41, 5.74) is 0.387. The lowest BCUT2D eigenvalue weighted by atomic mass is 10.2. The zero-order chi connectivity index (χ0) is 13.7. The third kappa shape index (κ3) is 3.40. The molecule has 0 atom stereocenters. The predicted octanol–water partition coefficient (Wildman–Crippen LogP) is 0.354. The van der Waals surface area contributed by atoms with Gasteiger partial charge in [-0.15, -0.1) is 0 Å². The molecule has 0 saturated heterocycles. The summed E-state index contributed by atoms with van der Waals surface area (Å²) in [5.74, 6) is 0. The number of sulfonamides is 1. The van der Waals surface area contributed by atoms with Crippen LogP contribution in [0, 0.1) is 0 Å². The number of benzene rings is 1. The van der Waals surface area contributed by atoms with E-state index in [1.165, 1.54) is 6.07 Å². The summed E-state index contributed by atoms with van der Waals surface area (Å²) in [6, 6.07) is 6.38. The molecular formula is C12H15N3O3S. The molecule has 1 heterocycles. The normalized spacial score (nSPS) is 11.6. The van der Waals surface area contributed by atoms with E-state index in [2.05, 4.69) is 9.71 Å². The minimum absolute atomic E-state index is 0.114. The third-order valence-corrected chi connectivity index (χ3v) is 4.22. The molecule has 0 amide bonds. The molecule has 0 aliphatic heterocycles. The Kier molecular flexibility index (Phi) is 4.31. The lowest BCUT2D eigenvalue weighted by Gasteiger charge is -2.10. The summed E-state index contributed by atoms with van der Waals surface area (Å²) in [5, 5.41) is 9.15. The molecular weight excluding hydrogens is 266 g/mol. The Morgan fingerprint density at radius 3 is 2.79 bits per heavy atom. The number of aliphatic hydroxyl groups excluding tert-OH is 1. The van der Waals surface area contributed by atoms with Crippen LogP contribution in [0.25, 0.3) is 0 Å². The second-order valence-corrected chi connectivity index (χ2v) is 5.70. The summed E-state index contributed by atoms with van der Waals surface area (Å²) >= 11 is 0. The Bertz CT molecular complexity index is 623. The first-order valence-electron chi connectivity index (χ1n) is 5.77. The largest absolute Gasteiger partial charge is 0.392 e. The Labute approximate surface area is 111 Å². The van der Waals surface area contributed by atoms with E-state index in [9.17, 15) is 8.42 Å². The van der Waals surface area contributed by atoms with E-state index in [-0.39, 0.29) is 18.0 Å². The van der Waals surface area contributed by atoms with Gasteiger partial charge in [-0.25, -0.2) is 18.1 Å². The van der Waals surface area contributed by atoms with Gasteiger partial charge in [0.2, 0.25) is 10.0 Å². The Morgan fingerprint density at radius 1 is 1.32 bits per heavy atom. The summed E-state index contributed by atoms with van der Waals surface area (Å²) in [6.45, 7) is 0.456. The topological polar surface area (TPSA) is 84.2 Å². The maximum absolute atomic E-state index is 12.1. The highest BCUT2D eigenvalue weighted by atomic mass is 32.2. The van der Waals surface area contributed by atoms with Gasteiger partial charge in [-0.1, -0.05) is 18.2 Å². The SMILES string of the molecule is O=S(=O)(NCCn1ccnc1)c1ccccc1CO. The van der Waals surface area contributed by atoms with Gasteiger partial charge in [0.1, 0.15) is 0 Å². The molecule has 1 aromatic heterocycles. The average Bonchev–Trinajstić information content (AvgIpc) is 2.91. The van der Waals surface area contributed by atoms with Crippen molar-refractivity contribution in [3.05, 3.63) is 48.5 Å².